The van der Waals surface area contributed by atoms with E-state index in [4.69, 9.17) is 11.6 Å². The molecule has 3 N–H and O–H groups in total. The number of benzene rings is 1. The molecule has 1 aromatic carbocycles. The van der Waals surface area contributed by atoms with Gasteiger partial charge in [0.05, 0.1) is 16.5 Å². The van der Waals surface area contributed by atoms with Crippen molar-refractivity contribution in [3.63, 3.8) is 0 Å². The molecule has 0 radical (unpaired) electrons. The maximum atomic E-state index is 12.0. The summed E-state index contributed by atoms with van der Waals surface area (Å²) in [7, 11) is 0. The van der Waals surface area contributed by atoms with Crippen molar-refractivity contribution >= 4 is 57.5 Å². The van der Waals surface area contributed by atoms with Crippen LogP contribution in [0.15, 0.2) is 16.5 Å². The minimum atomic E-state index is -4.55. The average Bonchev–Trinajstić information content (AvgIpc) is 3.01. The highest BCUT2D eigenvalue weighted by Gasteiger charge is 2.28. The number of urea groups is 1. The molecular weight excluding hydrogens is 439 g/mol. The summed E-state index contributed by atoms with van der Waals surface area (Å²) in [6.07, 6.45) is -4.55. The third kappa shape index (κ3) is 7.17. The lowest BCUT2D eigenvalue weighted by molar-refractivity contribution is -0.124. The Morgan fingerprint density at radius 3 is 2.61 bits per heavy atom. The van der Waals surface area contributed by atoms with Gasteiger partial charge in [-0.1, -0.05) is 40.8 Å². The number of hydrogen-bond acceptors (Lipinski definition) is 7. The zero-order chi connectivity index (χ0) is 20.9. The molecule has 0 aliphatic carbocycles. The molecule has 0 unspecified atom stereocenters. The van der Waals surface area contributed by atoms with E-state index in [1.807, 2.05) is 26.0 Å². The third-order valence-corrected chi connectivity index (χ3v) is 5.37. The number of alkyl halides is 3. The van der Waals surface area contributed by atoms with Gasteiger partial charge in [-0.05, 0) is 31.0 Å². The average molecular weight is 454 g/mol. The summed E-state index contributed by atoms with van der Waals surface area (Å²) in [5.41, 5.74) is 2.64. The van der Waals surface area contributed by atoms with Crippen LogP contribution in [0.1, 0.15) is 11.1 Å². The number of aryl methyl sites for hydroxylation is 2. The molecule has 0 saturated carbocycles. The first kappa shape index (κ1) is 22.2. The molecule has 2 rings (SSSR count). The number of halogens is 4. The van der Waals surface area contributed by atoms with Crippen molar-refractivity contribution in [1.29, 1.82) is 0 Å². The SMILES string of the molecule is Cc1cc(C)c(Nc2nnc(SCC(=O)NC(=O)NCC(F)(F)F)s2)c(Cl)c1. The zero-order valence-electron chi connectivity index (χ0n) is 14.6. The number of nitrogens with zero attached hydrogens (tertiary/aromatic N) is 2. The zero-order valence-corrected chi connectivity index (χ0v) is 17.0. The maximum Gasteiger partial charge on any atom is 0.405 e. The Labute approximate surface area is 171 Å². The smallest absolute Gasteiger partial charge is 0.329 e. The summed E-state index contributed by atoms with van der Waals surface area (Å²) in [5.74, 6) is -0.968. The number of imide groups is 1. The Morgan fingerprint density at radius 1 is 1.25 bits per heavy atom. The van der Waals surface area contributed by atoms with Crippen molar-refractivity contribution < 1.29 is 22.8 Å². The number of rotatable bonds is 6. The van der Waals surface area contributed by atoms with Crippen molar-refractivity contribution in [2.24, 2.45) is 0 Å². The number of nitrogens with one attached hydrogen (secondary N) is 3. The standard InChI is InChI=1S/C15H15ClF3N5O2S2/c1-7-3-8(2)11(9(16)4-7)22-13-23-24-14(28-13)27-5-10(25)21-12(26)20-6-15(17,18)19/h3-4H,5-6H2,1-2H3,(H,22,23)(H2,20,21,25,26). The summed E-state index contributed by atoms with van der Waals surface area (Å²) in [6, 6.07) is 2.55. The molecule has 7 nitrogen and oxygen atoms in total. The first-order valence-electron chi connectivity index (χ1n) is 7.68. The summed E-state index contributed by atoms with van der Waals surface area (Å²) in [6.45, 7) is 2.30. The van der Waals surface area contributed by atoms with Gasteiger partial charge >= 0.3 is 12.2 Å². The highest BCUT2D eigenvalue weighted by molar-refractivity contribution is 8.01. The van der Waals surface area contributed by atoms with Crippen LogP contribution in [0.5, 0.6) is 0 Å². The Hall–Kier alpha value is -2.05. The molecule has 0 fully saturated rings. The molecule has 13 heteroatoms. The highest BCUT2D eigenvalue weighted by atomic mass is 35.5. The normalized spacial score (nSPS) is 11.2. The second-order valence-corrected chi connectivity index (χ2v) is 8.18. The third-order valence-electron chi connectivity index (χ3n) is 3.10. The van der Waals surface area contributed by atoms with Crippen molar-refractivity contribution in [2.75, 3.05) is 17.6 Å². The van der Waals surface area contributed by atoms with Gasteiger partial charge in [0.25, 0.3) is 0 Å². The second-order valence-electron chi connectivity index (χ2n) is 5.57. The molecule has 0 aliphatic rings. The second kappa shape index (κ2) is 9.43. The number of carbonyl (C=O) groups is 2. The molecule has 1 heterocycles. The van der Waals surface area contributed by atoms with Gasteiger partial charge in [-0.3, -0.25) is 10.1 Å². The van der Waals surface area contributed by atoms with Crippen molar-refractivity contribution in [1.82, 2.24) is 20.8 Å². The fourth-order valence-corrected chi connectivity index (χ4v) is 3.94. The van der Waals surface area contributed by atoms with E-state index < -0.39 is 24.7 Å². The molecule has 0 spiro atoms. The van der Waals surface area contributed by atoms with Crippen LogP contribution in [-0.2, 0) is 4.79 Å². The lowest BCUT2D eigenvalue weighted by atomic mass is 10.1. The predicted molar refractivity (Wildman–Crippen MR) is 102 cm³/mol. The van der Waals surface area contributed by atoms with Crippen LogP contribution >= 0.6 is 34.7 Å². The van der Waals surface area contributed by atoms with Crippen molar-refractivity contribution in [3.8, 4) is 0 Å². The van der Waals surface area contributed by atoms with E-state index in [0.29, 0.717) is 20.2 Å². The van der Waals surface area contributed by atoms with E-state index in [9.17, 15) is 22.8 Å². The summed E-state index contributed by atoms with van der Waals surface area (Å²) in [5, 5.41) is 15.3. The number of thioether (sulfide) groups is 1. The van der Waals surface area contributed by atoms with Crippen LogP contribution in [0.3, 0.4) is 0 Å². The number of amides is 3. The molecule has 0 atom stereocenters. The maximum absolute atomic E-state index is 12.0. The van der Waals surface area contributed by atoms with Gasteiger partial charge in [0, 0.05) is 0 Å². The summed E-state index contributed by atoms with van der Waals surface area (Å²) in [4.78, 5) is 22.8. The predicted octanol–water partition coefficient (Wildman–Crippen LogP) is 4.03. The van der Waals surface area contributed by atoms with E-state index in [1.165, 1.54) is 11.3 Å². The van der Waals surface area contributed by atoms with Gasteiger partial charge in [0.1, 0.15) is 6.54 Å². The Morgan fingerprint density at radius 2 is 1.96 bits per heavy atom. The topological polar surface area (TPSA) is 96.0 Å². The molecule has 0 saturated heterocycles. The lowest BCUT2D eigenvalue weighted by Crippen LogP contribution is -2.43. The molecule has 3 amide bonds. The molecule has 0 bridgehead atoms. The van der Waals surface area contributed by atoms with Gasteiger partial charge in [-0.2, -0.15) is 13.2 Å². The van der Waals surface area contributed by atoms with Gasteiger partial charge in [-0.25, -0.2) is 4.79 Å². The molecular formula is C15H15ClF3N5O2S2. The minimum absolute atomic E-state index is 0.210. The van der Waals surface area contributed by atoms with Crippen molar-refractivity contribution in [3.05, 3.63) is 28.3 Å². The largest absolute Gasteiger partial charge is 0.405 e. The van der Waals surface area contributed by atoms with Gasteiger partial charge in [-0.15, -0.1) is 10.2 Å². The van der Waals surface area contributed by atoms with Crippen LogP contribution in [0.25, 0.3) is 0 Å². The van der Waals surface area contributed by atoms with Gasteiger partial charge in [0.2, 0.25) is 11.0 Å². The van der Waals surface area contributed by atoms with Crippen LogP contribution in [0.4, 0.5) is 28.8 Å². The van der Waals surface area contributed by atoms with Crippen LogP contribution in [0.2, 0.25) is 5.02 Å². The van der Waals surface area contributed by atoms with Crippen LogP contribution < -0.4 is 16.0 Å². The number of hydrogen-bond donors (Lipinski definition) is 3. The quantitative estimate of drug-likeness (QED) is 0.571. The summed E-state index contributed by atoms with van der Waals surface area (Å²) >= 11 is 8.38. The van der Waals surface area contributed by atoms with Crippen LogP contribution in [-0.4, -0.2) is 40.6 Å². The van der Waals surface area contributed by atoms with E-state index in [-0.39, 0.29) is 5.75 Å². The minimum Gasteiger partial charge on any atom is -0.329 e. The van der Waals surface area contributed by atoms with Crippen molar-refractivity contribution in [2.45, 2.75) is 24.4 Å². The van der Waals surface area contributed by atoms with Gasteiger partial charge < -0.3 is 10.6 Å². The van der Waals surface area contributed by atoms with Gasteiger partial charge in [0.15, 0.2) is 4.34 Å². The fraction of sp³-hybridized carbons (Fsp3) is 0.333. The van der Waals surface area contributed by atoms with E-state index in [1.54, 1.807) is 10.6 Å². The molecule has 0 aliphatic heterocycles. The number of aromatic nitrogens is 2. The Kier molecular flexibility index (Phi) is 7.49. The Bertz CT molecular complexity index is 853. The molecule has 2 aromatic rings. The van der Waals surface area contributed by atoms with E-state index in [0.717, 1.165) is 22.9 Å². The van der Waals surface area contributed by atoms with E-state index in [2.05, 4.69) is 15.5 Å². The fourth-order valence-electron chi connectivity index (χ4n) is 2.01. The lowest BCUT2D eigenvalue weighted by Gasteiger charge is -2.09. The number of anilines is 2. The first-order chi connectivity index (χ1) is 13.0. The molecule has 28 heavy (non-hydrogen) atoms. The molecule has 152 valence electrons. The van der Waals surface area contributed by atoms with Crippen LogP contribution in [0, 0.1) is 13.8 Å². The first-order valence-corrected chi connectivity index (χ1v) is 9.86. The summed E-state index contributed by atoms with van der Waals surface area (Å²) < 4.78 is 36.4. The van der Waals surface area contributed by atoms with E-state index >= 15 is 0 Å². The highest BCUT2D eigenvalue weighted by Crippen LogP contribution is 2.33. The Balaban J connectivity index is 1.85. The monoisotopic (exact) mass is 453 g/mol. The molecule has 1 aromatic heterocycles. The number of carbonyl (C=O) groups excluding carboxylic acids is 2.